The van der Waals surface area contributed by atoms with E-state index in [1.165, 1.54) is 62.5 Å². The second-order valence-corrected chi connectivity index (χ2v) is 6.64. The molecule has 0 bridgehead atoms. The van der Waals surface area contributed by atoms with E-state index in [1.807, 2.05) is 0 Å². The lowest BCUT2D eigenvalue weighted by Gasteiger charge is -2.25. The standard InChI is InChI=1S/C19H31N/c1-15-8-7-9-16(2)19(15)14-18(20-3)13-12-17-10-5-4-6-11-17/h7-9,17-18,20H,4-6,10-14H2,1-3H3. The number of hydrogen-bond donors (Lipinski definition) is 1. The zero-order valence-corrected chi connectivity index (χ0v) is 13.5. The molecule has 2 rings (SSSR count). The largest absolute Gasteiger partial charge is 0.317 e. The van der Waals surface area contributed by atoms with Gasteiger partial charge < -0.3 is 5.32 Å². The van der Waals surface area contributed by atoms with Gasteiger partial charge in [0.25, 0.3) is 0 Å². The SMILES string of the molecule is CNC(CCC1CCCCC1)Cc1c(C)cccc1C. The minimum absolute atomic E-state index is 0.636. The molecule has 0 saturated heterocycles. The van der Waals surface area contributed by atoms with Crippen molar-refractivity contribution in [1.82, 2.24) is 5.32 Å². The summed E-state index contributed by atoms with van der Waals surface area (Å²) in [5.41, 5.74) is 4.45. The van der Waals surface area contributed by atoms with Gasteiger partial charge in [0.2, 0.25) is 0 Å². The van der Waals surface area contributed by atoms with Crippen molar-refractivity contribution in [2.24, 2.45) is 5.92 Å². The molecule has 112 valence electrons. The highest BCUT2D eigenvalue weighted by molar-refractivity contribution is 5.34. The third-order valence-corrected chi connectivity index (χ3v) is 5.15. The van der Waals surface area contributed by atoms with Crippen LogP contribution in [0.15, 0.2) is 18.2 Å². The number of nitrogens with one attached hydrogen (secondary N) is 1. The highest BCUT2D eigenvalue weighted by atomic mass is 14.9. The van der Waals surface area contributed by atoms with Crippen molar-refractivity contribution in [2.45, 2.75) is 71.3 Å². The van der Waals surface area contributed by atoms with Crippen LogP contribution in [-0.4, -0.2) is 13.1 Å². The lowest BCUT2D eigenvalue weighted by Crippen LogP contribution is -2.29. The van der Waals surface area contributed by atoms with E-state index >= 15 is 0 Å². The van der Waals surface area contributed by atoms with E-state index in [-0.39, 0.29) is 0 Å². The highest BCUT2D eigenvalue weighted by Gasteiger charge is 2.16. The molecule has 1 unspecified atom stereocenters. The fourth-order valence-corrected chi connectivity index (χ4v) is 3.68. The Hall–Kier alpha value is -0.820. The first-order chi connectivity index (χ1) is 9.70. The minimum atomic E-state index is 0.636. The number of aryl methyl sites for hydroxylation is 2. The Balaban J connectivity index is 1.88. The van der Waals surface area contributed by atoms with Crippen LogP contribution < -0.4 is 5.32 Å². The maximum Gasteiger partial charge on any atom is 0.0105 e. The van der Waals surface area contributed by atoms with Crippen molar-refractivity contribution in [3.8, 4) is 0 Å². The van der Waals surface area contributed by atoms with E-state index in [1.54, 1.807) is 5.56 Å². The third kappa shape index (κ3) is 4.34. The van der Waals surface area contributed by atoms with Crippen LogP contribution in [0.1, 0.15) is 61.6 Å². The van der Waals surface area contributed by atoms with E-state index in [0.717, 1.165) is 5.92 Å². The predicted molar refractivity (Wildman–Crippen MR) is 88.3 cm³/mol. The van der Waals surface area contributed by atoms with Crippen molar-refractivity contribution >= 4 is 0 Å². The fraction of sp³-hybridized carbons (Fsp3) is 0.684. The molecule has 0 amide bonds. The summed E-state index contributed by atoms with van der Waals surface area (Å²) in [5, 5.41) is 3.54. The van der Waals surface area contributed by atoms with E-state index < -0.39 is 0 Å². The molecule has 1 nitrogen and oxygen atoms in total. The number of rotatable bonds is 6. The molecular formula is C19H31N. The van der Waals surface area contributed by atoms with E-state index in [9.17, 15) is 0 Å². The number of benzene rings is 1. The summed E-state index contributed by atoms with van der Waals surface area (Å²) >= 11 is 0. The predicted octanol–water partition coefficient (Wildman–Crippen LogP) is 4.79. The molecule has 0 radical (unpaired) electrons. The van der Waals surface area contributed by atoms with E-state index in [4.69, 9.17) is 0 Å². The van der Waals surface area contributed by atoms with Gasteiger partial charge in [0.15, 0.2) is 0 Å². The van der Waals surface area contributed by atoms with Crippen molar-refractivity contribution in [2.75, 3.05) is 7.05 Å². The molecule has 0 heterocycles. The number of hydrogen-bond acceptors (Lipinski definition) is 1. The van der Waals surface area contributed by atoms with Crippen molar-refractivity contribution < 1.29 is 0 Å². The normalized spacial score (nSPS) is 18.1. The van der Waals surface area contributed by atoms with Crippen LogP contribution in [0.25, 0.3) is 0 Å². The molecular weight excluding hydrogens is 242 g/mol. The van der Waals surface area contributed by atoms with Gasteiger partial charge in [-0.3, -0.25) is 0 Å². The minimum Gasteiger partial charge on any atom is -0.317 e. The van der Waals surface area contributed by atoms with Gasteiger partial charge in [0.05, 0.1) is 0 Å². The lowest BCUT2D eigenvalue weighted by molar-refractivity contribution is 0.315. The Bertz CT molecular complexity index is 384. The third-order valence-electron chi connectivity index (χ3n) is 5.15. The van der Waals surface area contributed by atoms with Gasteiger partial charge in [-0.05, 0) is 62.8 Å². The molecule has 1 N–H and O–H groups in total. The van der Waals surface area contributed by atoms with Gasteiger partial charge >= 0.3 is 0 Å². The van der Waals surface area contributed by atoms with Crippen molar-refractivity contribution in [1.29, 1.82) is 0 Å². The first-order valence-electron chi connectivity index (χ1n) is 8.43. The summed E-state index contributed by atoms with van der Waals surface area (Å²) in [6, 6.07) is 7.30. The quantitative estimate of drug-likeness (QED) is 0.785. The Labute approximate surface area is 125 Å². The molecule has 0 aromatic heterocycles. The molecule has 20 heavy (non-hydrogen) atoms. The zero-order valence-electron chi connectivity index (χ0n) is 13.5. The molecule has 1 heteroatoms. The molecule has 1 aliphatic carbocycles. The highest BCUT2D eigenvalue weighted by Crippen LogP contribution is 2.28. The summed E-state index contributed by atoms with van der Waals surface area (Å²) < 4.78 is 0. The average Bonchev–Trinajstić information content (AvgIpc) is 2.47. The first kappa shape index (κ1) is 15.6. The molecule has 1 atom stereocenters. The molecule has 1 aliphatic rings. The second-order valence-electron chi connectivity index (χ2n) is 6.64. The molecule has 1 aromatic rings. The Morgan fingerprint density at radius 1 is 1.10 bits per heavy atom. The smallest absolute Gasteiger partial charge is 0.0105 e. The Kier molecular flexibility index (Phi) is 6.09. The van der Waals surface area contributed by atoms with Crippen LogP contribution >= 0.6 is 0 Å². The Morgan fingerprint density at radius 2 is 1.75 bits per heavy atom. The maximum atomic E-state index is 3.54. The monoisotopic (exact) mass is 273 g/mol. The topological polar surface area (TPSA) is 12.0 Å². The summed E-state index contributed by atoms with van der Waals surface area (Å²) in [7, 11) is 2.12. The van der Waals surface area contributed by atoms with E-state index in [0.29, 0.717) is 6.04 Å². The summed E-state index contributed by atoms with van der Waals surface area (Å²) in [5.74, 6) is 0.998. The molecule has 0 aliphatic heterocycles. The van der Waals surface area contributed by atoms with Crippen LogP contribution in [0.3, 0.4) is 0 Å². The van der Waals surface area contributed by atoms with Gasteiger partial charge in [0, 0.05) is 6.04 Å². The zero-order chi connectivity index (χ0) is 14.4. The number of likely N-dealkylation sites (N-methyl/N-ethyl adjacent to an activating group) is 1. The van der Waals surface area contributed by atoms with Crippen LogP contribution in [0.5, 0.6) is 0 Å². The molecule has 1 saturated carbocycles. The summed E-state index contributed by atoms with van der Waals surface area (Å²) in [6.45, 7) is 4.49. The van der Waals surface area contributed by atoms with Gasteiger partial charge in [0.1, 0.15) is 0 Å². The van der Waals surface area contributed by atoms with Gasteiger partial charge in [-0.2, -0.15) is 0 Å². The Morgan fingerprint density at radius 3 is 2.35 bits per heavy atom. The van der Waals surface area contributed by atoms with Gasteiger partial charge in [-0.25, -0.2) is 0 Å². The van der Waals surface area contributed by atoms with Crippen molar-refractivity contribution in [3.05, 3.63) is 34.9 Å². The summed E-state index contributed by atoms with van der Waals surface area (Å²) in [6.07, 6.45) is 11.3. The molecule has 0 spiro atoms. The summed E-state index contributed by atoms with van der Waals surface area (Å²) in [4.78, 5) is 0. The first-order valence-corrected chi connectivity index (χ1v) is 8.43. The van der Waals surface area contributed by atoms with Crippen LogP contribution in [0.2, 0.25) is 0 Å². The molecule has 1 fully saturated rings. The average molecular weight is 273 g/mol. The fourth-order valence-electron chi connectivity index (χ4n) is 3.68. The van der Waals surface area contributed by atoms with Gasteiger partial charge in [-0.1, -0.05) is 50.3 Å². The van der Waals surface area contributed by atoms with Gasteiger partial charge in [-0.15, -0.1) is 0 Å². The maximum absolute atomic E-state index is 3.54. The van der Waals surface area contributed by atoms with Crippen LogP contribution in [0, 0.1) is 19.8 Å². The van der Waals surface area contributed by atoms with Crippen molar-refractivity contribution in [3.63, 3.8) is 0 Å². The molecule has 1 aromatic carbocycles. The van der Waals surface area contributed by atoms with Crippen LogP contribution in [-0.2, 0) is 6.42 Å². The van der Waals surface area contributed by atoms with Crippen LogP contribution in [0.4, 0.5) is 0 Å². The second kappa shape index (κ2) is 7.83. The lowest BCUT2D eigenvalue weighted by atomic mass is 9.84. The van der Waals surface area contributed by atoms with E-state index in [2.05, 4.69) is 44.4 Å².